The van der Waals surface area contributed by atoms with Gasteiger partial charge in [0.25, 0.3) is 0 Å². The third-order valence-electron chi connectivity index (χ3n) is 1.68. The Morgan fingerprint density at radius 3 is 2.50 bits per heavy atom. The highest BCUT2D eigenvalue weighted by atomic mass is 35.5. The van der Waals surface area contributed by atoms with E-state index in [2.05, 4.69) is 0 Å². The van der Waals surface area contributed by atoms with Crippen LogP contribution >= 0.6 is 11.6 Å². The molecule has 0 aliphatic carbocycles. The largest absolute Gasteiger partial charge is 0.490 e. The van der Waals surface area contributed by atoms with E-state index in [1.165, 1.54) is 0 Å². The van der Waals surface area contributed by atoms with Gasteiger partial charge in [0.15, 0.2) is 0 Å². The van der Waals surface area contributed by atoms with Gasteiger partial charge in [0.05, 0.1) is 23.0 Å². The Kier molecular flexibility index (Phi) is 3.85. The van der Waals surface area contributed by atoms with Crippen LogP contribution in [0.4, 0.5) is 11.4 Å². The van der Waals surface area contributed by atoms with Crippen molar-refractivity contribution in [2.45, 2.75) is 0 Å². The van der Waals surface area contributed by atoms with Crippen LogP contribution in [0.3, 0.4) is 0 Å². The van der Waals surface area contributed by atoms with E-state index in [0.29, 0.717) is 35.4 Å². The fraction of sp³-hybridized carbons (Fsp3) is 0.333. The van der Waals surface area contributed by atoms with Crippen LogP contribution in [0.2, 0.25) is 5.02 Å². The van der Waals surface area contributed by atoms with Crippen LogP contribution < -0.4 is 16.2 Å². The summed E-state index contributed by atoms with van der Waals surface area (Å²) in [5.74, 6) is 0.524. The summed E-state index contributed by atoms with van der Waals surface area (Å²) >= 11 is 5.88. The van der Waals surface area contributed by atoms with Crippen molar-refractivity contribution >= 4 is 23.0 Å². The quantitative estimate of drug-likeness (QED) is 0.592. The second kappa shape index (κ2) is 4.93. The standard InChI is InChI=1S/C9H13ClN2O2/c1-13-2-3-14-9-5-8(12)7(11)4-6(9)10/h4-5H,2-3,11-12H2,1H3. The predicted octanol–water partition coefficient (Wildman–Crippen LogP) is 1.53. The molecule has 5 heteroatoms. The average Bonchev–Trinajstić information content (AvgIpc) is 2.14. The average molecular weight is 217 g/mol. The molecule has 4 nitrogen and oxygen atoms in total. The molecule has 0 heterocycles. The Morgan fingerprint density at radius 1 is 1.21 bits per heavy atom. The molecule has 1 rings (SSSR count). The van der Waals surface area contributed by atoms with Gasteiger partial charge in [-0.05, 0) is 6.07 Å². The van der Waals surface area contributed by atoms with Crippen molar-refractivity contribution in [3.8, 4) is 5.75 Å². The zero-order chi connectivity index (χ0) is 10.6. The van der Waals surface area contributed by atoms with E-state index >= 15 is 0 Å². The Labute approximate surface area is 87.7 Å². The fourth-order valence-corrected chi connectivity index (χ4v) is 1.16. The summed E-state index contributed by atoms with van der Waals surface area (Å²) < 4.78 is 10.2. The van der Waals surface area contributed by atoms with Crippen LogP contribution in [0.5, 0.6) is 5.75 Å². The molecule has 0 aliphatic rings. The topological polar surface area (TPSA) is 70.5 Å². The number of hydrogen-bond donors (Lipinski definition) is 2. The van der Waals surface area contributed by atoms with Crippen molar-refractivity contribution in [2.75, 3.05) is 31.8 Å². The van der Waals surface area contributed by atoms with Gasteiger partial charge >= 0.3 is 0 Å². The second-order valence-electron chi connectivity index (χ2n) is 2.75. The molecule has 0 unspecified atom stereocenters. The third kappa shape index (κ3) is 2.68. The summed E-state index contributed by atoms with van der Waals surface area (Å²) in [5.41, 5.74) is 12.1. The number of nitrogens with two attached hydrogens (primary N) is 2. The summed E-state index contributed by atoms with van der Waals surface area (Å²) in [5, 5.41) is 0.452. The first-order valence-electron chi connectivity index (χ1n) is 4.11. The maximum atomic E-state index is 5.88. The monoisotopic (exact) mass is 216 g/mol. The second-order valence-corrected chi connectivity index (χ2v) is 3.16. The Balaban J connectivity index is 2.72. The van der Waals surface area contributed by atoms with E-state index in [1.807, 2.05) is 0 Å². The first-order valence-corrected chi connectivity index (χ1v) is 4.49. The number of ether oxygens (including phenoxy) is 2. The molecule has 0 bridgehead atoms. The molecule has 1 aromatic carbocycles. The number of rotatable bonds is 4. The van der Waals surface area contributed by atoms with Gasteiger partial charge in [0, 0.05) is 13.2 Å². The van der Waals surface area contributed by atoms with Crippen molar-refractivity contribution in [2.24, 2.45) is 0 Å². The molecule has 1 aromatic rings. The number of nitrogen functional groups attached to an aromatic ring is 2. The number of benzene rings is 1. The molecule has 0 saturated carbocycles. The first-order chi connectivity index (χ1) is 6.65. The third-order valence-corrected chi connectivity index (χ3v) is 1.98. The number of halogens is 1. The lowest BCUT2D eigenvalue weighted by atomic mass is 10.2. The van der Waals surface area contributed by atoms with Gasteiger partial charge in [-0.25, -0.2) is 0 Å². The molecule has 0 spiro atoms. The molecule has 0 fully saturated rings. The summed E-state index contributed by atoms with van der Waals surface area (Å²) in [6.45, 7) is 0.931. The Hall–Kier alpha value is -1.13. The lowest BCUT2D eigenvalue weighted by molar-refractivity contribution is 0.146. The van der Waals surface area contributed by atoms with E-state index < -0.39 is 0 Å². The minimum Gasteiger partial charge on any atom is -0.490 e. The Bertz CT molecular complexity index is 318. The van der Waals surface area contributed by atoms with Crippen LogP contribution in [0.25, 0.3) is 0 Å². The lowest BCUT2D eigenvalue weighted by Gasteiger charge is -2.09. The molecular formula is C9H13ClN2O2. The van der Waals surface area contributed by atoms with Crippen molar-refractivity contribution in [1.29, 1.82) is 0 Å². The minimum atomic E-state index is 0.430. The zero-order valence-corrected chi connectivity index (χ0v) is 8.67. The molecule has 14 heavy (non-hydrogen) atoms. The maximum Gasteiger partial charge on any atom is 0.140 e. The Morgan fingerprint density at radius 2 is 1.86 bits per heavy atom. The van der Waals surface area contributed by atoms with E-state index in [-0.39, 0.29) is 0 Å². The first kappa shape index (κ1) is 10.9. The van der Waals surface area contributed by atoms with Gasteiger partial charge < -0.3 is 20.9 Å². The van der Waals surface area contributed by atoms with Gasteiger partial charge in [-0.3, -0.25) is 0 Å². The lowest BCUT2D eigenvalue weighted by Crippen LogP contribution is -2.05. The fourth-order valence-electron chi connectivity index (χ4n) is 0.930. The number of methoxy groups -OCH3 is 1. The molecule has 0 aromatic heterocycles. The SMILES string of the molecule is COCCOc1cc(N)c(N)cc1Cl. The molecule has 78 valence electrons. The molecule has 0 atom stereocenters. The molecule has 4 N–H and O–H groups in total. The van der Waals surface area contributed by atoms with Gasteiger partial charge in [0.1, 0.15) is 12.4 Å². The van der Waals surface area contributed by atoms with Crippen LogP contribution in [-0.4, -0.2) is 20.3 Å². The highest BCUT2D eigenvalue weighted by Gasteiger charge is 2.05. The summed E-state index contributed by atoms with van der Waals surface area (Å²) in [6, 6.07) is 3.17. The molecule has 0 saturated heterocycles. The summed E-state index contributed by atoms with van der Waals surface area (Å²) in [7, 11) is 1.60. The normalized spacial score (nSPS) is 10.1. The number of anilines is 2. The number of hydrogen-bond acceptors (Lipinski definition) is 4. The molecule has 0 aliphatic heterocycles. The van der Waals surface area contributed by atoms with Crippen LogP contribution in [0.15, 0.2) is 12.1 Å². The van der Waals surface area contributed by atoms with Crippen molar-refractivity contribution in [3.63, 3.8) is 0 Å². The van der Waals surface area contributed by atoms with Crippen LogP contribution in [-0.2, 0) is 4.74 Å². The van der Waals surface area contributed by atoms with Crippen molar-refractivity contribution < 1.29 is 9.47 Å². The maximum absolute atomic E-state index is 5.88. The highest BCUT2D eigenvalue weighted by molar-refractivity contribution is 6.32. The minimum absolute atomic E-state index is 0.430. The zero-order valence-electron chi connectivity index (χ0n) is 7.92. The van der Waals surface area contributed by atoms with Gasteiger partial charge in [-0.2, -0.15) is 0 Å². The van der Waals surface area contributed by atoms with E-state index in [1.54, 1.807) is 19.2 Å². The molecule has 0 radical (unpaired) electrons. The van der Waals surface area contributed by atoms with E-state index in [0.717, 1.165) is 0 Å². The van der Waals surface area contributed by atoms with Gasteiger partial charge in [0.2, 0.25) is 0 Å². The smallest absolute Gasteiger partial charge is 0.140 e. The van der Waals surface area contributed by atoms with E-state index in [9.17, 15) is 0 Å². The van der Waals surface area contributed by atoms with Crippen molar-refractivity contribution in [3.05, 3.63) is 17.2 Å². The van der Waals surface area contributed by atoms with Crippen LogP contribution in [0, 0.1) is 0 Å². The van der Waals surface area contributed by atoms with Crippen LogP contribution in [0.1, 0.15) is 0 Å². The van der Waals surface area contributed by atoms with E-state index in [4.69, 9.17) is 32.5 Å². The highest BCUT2D eigenvalue weighted by Crippen LogP contribution is 2.30. The van der Waals surface area contributed by atoms with Gasteiger partial charge in [-0.1, -0.05) is 11.6 Å². The summed E-state index contributed by atoms with van der Waals surface area (Å²) in [6.07, 6.45) is 0. The predicted molar refractivity (Wildman–Crippen MR) is 57.6 cm³/mol. The summed E-state index contributed by atoms with van der Waals surface area (Å²) in [4.78, 5) is 0. The van der Waals surface area contributed by atoms with Gasteiger partial charge in [-0.15, -0.1) is 0 Å². The van der Waals surface area contributed by atoms with Crippen molar-refractivity contribution in [1.82, 2.24) is 0 Å². The molecular weight excluding hydrogens is 204 g/mol. The molecule has 0 amide bonds.